The van der Waals surface area contributed by atoms with Crippen molar-refractivity contribution >= 4 is 16.8 Å². The minimum absolute atomic E-state index is 0.0587. The number of para-hydroxylation sites is 1. The second kappa shape index (κ2) is 7.82. The Morgan fingerprint density at radius 3 is 2.59 bits per heavy atom. The van der Waals surface area contributed by atoms with Crippen LogP contribution in [0, 0.1) is 0 Å². The summed E-state index contributed by atoms with van der Waals surface area (Å²) in [4.78, 5) is 29.3. The number of carbonyl (C=O) groups is 1. The number of H-pyrrole nitrogens is 1. The van der Waals surface area contributed by atoms with Crippen molar-refractivity contribution in [2.75, 3.05) is 13.1 Å². The summed E-state index contributed by atoms with van der Waals surface area (Å²) in [5, 5.41) is 8.43. The van der Waals surface area contributed by atoms with E-state index in [4.69, 9.17) is 9.97 Å². The van der Waals surface area contributed by atoms with Gasteiger partial charge < -0.3 is 4.90 Å². The van der Waals surface area contributed by atoms with Gasteiger partial charge in [-0.1, -0.05) is 18.2 Å². The molecule has 1 aromatic carbocycles. The first kappa shape index (κ1) is 19.1. The lowest BCUT2D eigenvalue weighted by Gasteiger charge is -2.31. The molecule has 160 valence electrons. The van der Waals surface area contributed by atoms with Crippen molar-refractivity contribution in [2.24, 2.45) is 0 Å². The zero-order valence-electron chi connectivity index (χ0n) is 17.7. The fraction of sp³-hybridized carbons (Fsp3) is 0.320. The Kier molecular flexibility index (Phi) is 4.67. The Morgan fingerprint density at radius 1 is 0.969 bits per heavy atom. The van der Waals surface area contributed by atoms with Crippen molar-refractivity contribution in [3.8, 4) is 11.3 Å². The van der Waals surface area contributed by atoms with Gasteiger partial charge >= 0.3 is 0 Å². The van der Waals surface area contributed by atoms with Gasteiger partial charge in [0.1, 0.15) is 5.82 Å². The highest BCUT2D eigenvalue weighted by molar-refractivity contribution is 6.07. The topological polar surface area (TPSA) is 87.7 Å². The van der Waals surface area contributed by atoms with Crippen molar-refractivity contribution < 1.29 is 4.79 Å². The molecule has 1 saturated carbocycles. The summed E-state index contributed by atoms with van der Waals surface area (Å²) >= 11 is 0. The number of fused-ring (bicyclic) bond motifs is 1. The van der Waals surface area contributed by atoms with Crippen LogP contribution in [0.25, 0.3) is 22.2 Å². The zero-order valence-corrected chi connectivity index (χ0v) is 17.7. The number of nitrogens with zero attached hydrogens (tertiary/aromatic N) is 5. The molecule has 32 heavy (non-hydrogen) atoms. The third-order valence-electron chi connectivity index (χ3n) is 6.54. The summed E-state index contributed by atoms with van der Waals surface area (Å²) in [6, 6.07) is 13.6. The van der Waals surface area contributed by atoms with Crippen molar-refractivity contribution in [3.05, 3.63) is 72.1 Å². The van der Waals surface area contributed by atoms with E-state index < -0.39 is 0 Å². The lowest BCUT2D eigenvalue weighted by atomic mass is 9.95. The van der Waals surface area contributed by atoms with Gasteiger partial charge in [0.2, 0.25) is 0 Å². The smallest absolute Gasteiger partial charge is 0.254 e. The number of pyridine rings is 2. The lowest BCUT2D eigenvalue weighted by molar-refractivity contribution is 0.0713. The van der Waals surface area contributed by atoms with Crippen molar-refractivity contribution in [1.82, 2.24) is 30.0 Å². The monoisotopic (exact) mass is 424 g/mol. The van der Waals surface area contributed by atoms with Gasteiger partial charge in [-0.25, -0.2) is 9.97 Å². The molecule has 0 spiro atoms. The molecule has 1 amide bonds. The standard InChI is InChI=1S/C25H24N6O/c32-25(31-12-9-17(10-13-31)24-28-23(29-30-24)16-7-8-16)20-14-22(18-4-3-11-26-15-18)27-21-6-2-1-5-19(20)21/h1-6,11,14-17H,7-10,12-13H2,(H,28,29,30). The van der Waals surface area contributed by atoms with E-state index in [1.54, 1.807) is 12.4 Å². The number of carbonyl (C=O) groups excluding carboxylic acids is 1. The van der Waals surface area contributed by atoms with E-state index in [1.165, 1.54) is 12.8 Å². The van der Waals surface area contributed by atoms with Crippen LogP contribution in [-0.4, -0.2) is 49.0 Å². The molecule has 2 fully saturated rings. The zero-order chi connectivity index (χ0) is 21.5. The quantitative estimate of drug-likeness (QED) is 0.527. The Balaban J connectivity index is 1.25. The number of piperidine rings is 1. The summed E-state index contributed by atoms with van der Waals surface area (Å²) < 4.78 is 0. The number of rotatable bonds is 4. The minimum atomic E-state index is 0.0587. The average molecular weight is 425 g/mol. The van der Waals surface area contributed by atoms with E-state index in [1.807, 2.05) is 47.4 Å². The Labute approximate surface area is 185 Å². The van der Waals surface area contributed by atoms with Crippen LogP contribution in [0.1, 0.15) is 59.5 Å². The third-order valence-corrected chi connectivity index (χ3v) is 6.54. The fourth-order valence-electron chi connectivity index (χ4n) is 4.54. The molecule has 0 radical (unpaired) electrons. The second-order valence-corrected chi connectivity index (χ2v) is 8.73. The molecule has 6 rings (SSSR count). The molecule has 0 atom stereocenters. The molecule has 2 aliphatic rings. The Morgan fingerprint density at radius 2 is 1.81 bits per heavy atom. The SMILES string of the molecule is O=C(c1cc(-c2cccnc2)nc2ccccc12)N1CCC(c2nc(C3CC3)n[nH]2)CC1. The molecule has 0 unspecified atom stereocenters. The molecule has 1 N–H and O–H groups in total. The number of aromatic amines is 1. The van der Waals surface area contributed by atoms with Gasteiger partial charge in [-0.3, -0.25) is 14.9 Å². The molecule has 4 aromatic rings. The largest absolute Gasteiger partial charge is 0.339 e. The molecule has 1 saturated heterocycles. The van der Waals surface area contributed by atoms with Crippen LogP contribution in [0.15, 0.2) is 54.9 Å². The van der Waals surface area contributed by atoms with Crippen LogP contribution in [0.5, 0.6) is 0 Å². The summed E-state index contributed by atoms with van der Waals surface area (Å²) in [5.74, 6) is 2.88. The summed E-state index contributed by atoms with van der Waals surface area (Å²) in [6.07, 6.45) is 7.70. The third kappa shape index (κ3) is 3.53. The van der Waals surface area contributed by atoms with E-state index in [9.17, 15) is 4.79 Å². The predicted molar refractivity (Wildman–Crippen MR) is 121 cm³/mol. The van der Waals surface area contributed by atoms with Crippen LogP contribution < -0.4 is 0 Å². The van der Waals surface area contributed by atoms with Gasteiger partial charge in [0.15, 0.2) is 5.82 Å². The first-order valence-corrected chi connectivity index (χ1v) is 11.3. The molecule has 7 nitrogen and oxygen atoms in total. The summed E-state index contributed by atoms with van der Waals surface area (Å²) in [6.45, 7) is 1.42. The predicted octanol–water partition coefficient (Wildman–Crippen LogP) is 4.31. The van der Waals surface area contributed by atoms with Gasteiger partial charge in [0, 0.05) is 48.3 Å². The normalized spacial score (nSPS) is 17.1. The highest BCUT2D eigenvalue weighted by Gasteiger charge is 2.31. The van der Waals surface area contributed by atoms with Crippen molar-refractivity contribution in [1.29, 1.82) is 0 Å². The Hall–Kier alpha value is -3.61. The molecule has 0 bridgehead atoms. The van der Waals surface area contributed by atoms with Crippen LogP contribution in [0.4, 0.5) is 0 Å². The number of likely N-dealkylation sites (tertiary alicyclic amines) is 1. The number of hydrogen-bond donors (Lipinski definition) is 1. The summed E-state index contributed by atoms with van der Waals surface area (Å²) in [5.41, 5.74) is 3.19. The Bertz CT molecular complexity index is 1270. The van der Waals surface area contributed by atoms with Gasteiger partial charge in [-0.15, -0.1) is 0 Å². The first-order valence-electron chi connectivity index (χ1n) is 11.3. The van der Waals surface area contributed by atoms with Gasteiger partial charge in [0.05, 0.1) is 16.8 Å². The van der Waals surface area contributed by atoms with E-state index in [0.717, 1.165) is 46.7 Å². The minimum Gasteiger partial charge on any atom is -0.339 e. The van der Waals surface area contributed by atoms with Crippen molar-refractivity contribution in [3.63, 3.8) is 0 Å². The van der Waals surface area contributed by atoms with E-state index in [0.29, 0.717) is 30.5 Å². The maximum Gasteiger partial charge on any atom is 0.254 e. The van der Waals surface area contributed by atoms with Gasteiger partial charge in [-0.05, 0) is 49.9 Å². The molecule has 1 aliphatic heterocycles. The molecule has 3 aromatic heterocycles. The van der Waals surface area contributed by atoms with Gasteiger partial charge in [0.25, 0.3) is 5.91 Å². The highest BCUT2D eigenvalue weighted by Crippen LogP contribution is 2.38. The summed E-state index contributed by atoms with van der Waals surface area (Å²) in [7, 11) is 0. The molecule has 7 heteroatoms. The molecule has 1 aliphatic carbocycles. The highest BCUT2D eigenvalue weighted by atomic mass is 16.2. The maximum atomic E-state index is 13.6. The van der Waals surface area contributed by atoms with Crippen molar-refractivity contribution in [2.45, 2.75) is 37.5 Å². The van der Waals surface area contributed by atoms with E-state index in [2.05, 4.69) is 15.2 Å². The lowest BCUT2D eigenvalue weighted by Crippen LogP contribution is -2.38. The van der Waals surface area contributed by atoms with Crippen LogP contribution in [-0.2, 0) is 0 Å². The first-order chi connectivity index (χ1) is 15.8. The second-order valence-electron chi connectivity index (χ2n) is 8.73. The number of nitrogens with one attached hydrogen (secondary N) is 1. The molecular weight excluding hydrogens is 400 g/mol. The molecule has 4 heterocycles. The fourth-order valence-corrected chi connectivity index (χ4v) is 4.54. The number of amides is 1. The number of aromatic nitrogens is 5. The van der Waals surface area contributed by atoms with Crippen LogP contribution in [0.3, 0.4) is 0 Å². The van der Waals surface area contributed by atoms with E-state index in [-0.39, 0.29) is 5.91 Å². The van der Waals surface area contributed by atoms with Crippen LogP contribution >= 0.6 is 0 Å². The van der Waals surface area contributed by atoms with Gasteiger partial charge in [-0.2, -0.15) is 5.10 Å². The van der Waals surface area contributed by atoms with Crippen LogP contribution in [0.2, 0.25) is 0 Å². The maximum absolute atomic E-state index is 13.6. The molecular formula is C25H24N6O. The van der Waals surface area contributed by atoms with E-state index >= 15 is 0 Å². The number of hydrogen-bond acceptors (Lipinski definition) is 5. The number of benzene rings is 1. The average Bonchev–Trinajstić information content (AvgIpc) is 3.60.